The second-order valence-corrected chi connectivity index (χ2v) is 6.74. The molecule has 0 aromatic heterocycles. The van der Waals surface area contributed by atoms with E-state index in [4.69, 9.17) is 10.5 Å². The highest BCUT2D eigenvalue weighted by Crippen LogP contribution is 2.39. The molecule has 2 N–H and O–H groups in total. The van der Waals surface area contributed by atoms with Crippen molar-refractivity contribution in [3.8, 4) is 0 Å². The number of amides is 1. The van der Waals surface area contributed by atoms with Crippen molar-refractivity contribution in [2.45, 2.75) is 45.9 Å². The molecule has 0 radical (unpaired) electrons. The van der Waals surface area contributed by atoms with Crippen LogP contribution in [-0.4, -0.2) is 42.4 Å². The second-order valence-electron chi connectivity index (χ2n) is 6.74. The smallest absolute Gasteiger partial charge is 0.410 e. The topological polar surface area (TPSA) is 55.6 Å². The van der Waals surface area contributed by atoms with Gasteiger partial charge in [-0.2, -0.15) is 13.2 Å². The Bertz CT molecular complexity index is 366. The van der Waals surface area contributed by atoms with Crippen LogP contribution in [0.3, 0.4) is 0 Å². The molecule has 1 saturated heterocycles. The van der Waals surface area contributed by atoms with Crippen molar-refractivity contribution in [3.05, 3.63) is 0 Å². The number of rotatable bonds is 2. The molecule has 1 amide bonds. The molecule has 1 aliphatic rings. The van der Waals surface area contributed by atoms with Gasteiger partial charge in [0.05, 0.1) is 5.92 Å². The van der Waals surface area contributed by atoms with E-state index in [2.05, 4.69) is 0 Å². The number of likely N-dealkylation sites (tertiary alicyclic amines) is 1. The Morgan fingerprint density at radius 3 is 2.33 bits per heavy atom. The molecule has 7 heteroatoms. The number of halogens is 3. The average Bonchev–Trinajstić information content (AvgIpc) is 2.28. The summed E-state index contributed by atoms with van der Waals surface area (Å²) in [5.41, 5.74) is 4.70. The maximum absolute atomic E-state index is 13.0. The van der Waals surface area contributed by atoms with E-state index in [-0.39, 0.29) is 19.0 Å². The lowest BCUT2D eigenvalue weighted by molar-refractivity contribution is -0.194. The quantitative estimate of drug-likeness (QED) is 0.853. The maximum atomic E-state index is 13.0. The minimum absolute atomic E-state index is 0.263. The van der Waals surface area contributed by atoms with Crippen molar-refractivity contribution in [1.29, 1.82) is 0 Å². The molecular formula is C14H25F3N2O2. The molecule has 0 aromatic rings. The molecule has 0 aromatic carbocycles. The third-order valence-electron chi connectivity index (χ3n) is 3.81. The molecule has 4 nitrogen and oxygen atoms in total. The largest absolute Gasteiger partial charge is 0.444 e. The summed E-state index contributed by atoms with van der Waals surface area (Å²) in [4.78, 5) is 13.4. The van der Waals surface area contributed by atoms with Crippen molar-refractivity contribution in [2.24, 2.45) is 23.5 Å². The highest BCUT2D eigenvalue weighted by molar-refractivity contribution is 5.68. The van der Waals surface area contributed by atoms with Crippen LogP contribution in [-0.2, 0) is 4.74 Å². The zero-order valence-corrected chi connectivity index (χ0v) is 13.0. The molecule has 21 heavy (non-hydrogen) atoms. The number of ether oxygens (including phenoxy) is 1. The highest BCUT2D eigenvalue weighted by atomic mass is 19.4. The van der Waals surface area contributed by atoms with E-state index < -0.39 is 36.3 Å². The van der Waals surface area contributed by atoms with Gasteiger partial charge in [-0.25, -0.2) is 4.79 Å². The number of hydrogen-bond donors (Lipinski definition) is 1. The maximum Gasteiger partial charge on any atom is 0.410 e. The number of hydrogen-bond acceptors (Lipinski definition) is 3. The minimum Gasteiger partial charge on any atom is -0.444 e. The molecule has 3 unspecified atom stereocenters. The Kier molecular flexibility index (Phi) is 5.52. The number of nitrogens with two attached hydrogens (primary N) is 1. The first kappa shape index (κ1) is 18.1. The van der Waals surface area contributed by atoms with Crippen LogP contribution in [0.1, 0.15) is 34.1 Å². The van der Waals surface area contributed by atoms with E-state index >= 15 is 0 Å². The van der Waals surface area contributed by atoms with Crippen molar-refractivity contribution in [2.75, 3.05) is 19.6 Å². The van der Waals surface area contributed by atoms with E-state index in [1.807, 2.05) is 0 Å². The van der Waals surface area contributed by atoms with Crippen LogP contribution in [0, 0.1) is 17.8 Å². The van der Waals surface area contributed by atoms with Crippen LogP contribution in [0.5, 0.6) is 0 Å². The van der Waals surface area contributed by atoms with Crippen LogP contribution in [0.25, 0.3) is 0 Å². The number of carbonyl (C=O) groups is 1. The summed E-state index contributed by atoms with van der Waals surface area (Å²) in [5.74, 6) is -2.32. The summed E-state index contributed by atoms with van der Waals surface area (Å²) in [5, 5.41) is 0. The van der Waals surface area contributed by atoms with Crippen molar-refractivity contribution < 1.29 is 22.7 Å². The fourth-order valence-corrected chi connectivity index (χ4v) is 2.80. The van der Waals surface area contributed by atoms with Crippen LogP contribution in [0.15, 0.2) is 0 Å². The average molecular weight is 310 g/mol. The fourth-order valence-electron chi connectivity index (χ4n) is 2.80. The standard InChI is InChI=1S/C14H25F3N2O2/c1-9-8-19(12(20)21-13(2,3)4)6-5-10(9)11(7-18)14(15,16)17/h9-11H,5-8,18H2,1-4H3. The van der Waals surface area contributed by atoms with Gasteiger partial charge in [0.2, 0.25) is 0 Å². The van der Waals surface area contributed by atoms with Gasteiger partial charge in [0, 0.05) is 19.6 Å². The summed E-state index contributed by atoms with van der Waals surface area (Å²) in [6, 6.07) is 0. The molecule has 0 spiro atoms. The molecule has 0 aliphatic carbocycles. The summed E-state index contributed by atoms with van der Waals surface area (Å²) in [6.45, 7) is 7.14. The molecule has 0 bridgehead atoms. The predicted octanol–water partition coefficient (Wildman–Crippen LogP) is 3.02. The van der Waals surface area contributed by atoms with E-state index in [9.17, 15) is 18.0 Å². The van der Waals surface area contributed by atoms with Gasteiger partial charge >= 0.3 is 12.3 Å². The summed E-state index contributed by atoms with van der Waals surface area (Å²) < 4.78 is 44.2. The summed E-state index contributed by atoms with van der Waals surface area (Å²) >= 11 is 0. The first-order valence-electron chi connectivity index (χ1n) is 7.20. The lowest BCUT2D eigenvalue weighted by Gasteiger charge is -2.41. The Hall–Kier alpha value is -0.980. The molecule has 0 saturated carbocycles. The first-order valence-corrected chi connectivity index (χ1v) is 7.20. The molecule has 1 fully saturated rings. The molecule has 124 valence electrons. The monoisotopic (exact) mass is 310 g/mol. The van der Waals surface area contributed by atoms with Crippen molar-refractivity contribution in [1.82, 2.24) is 4.90 Å². The number of carbonyl (C=O) groups excluding carboxylic acids is 1. The van der Waals surface area contributed by atoms with E-state index in [1.165, 1.54) is 4.90 Å². The third-order valence-corrected chi connectivity index (χ3v) is 3.81. The van der Waals surface area contributed by atoms with Crippen molar-refractivity contribution in [3.63, 3.8) is 0 Å². The van der Waals surface area contributed by atoms with Gasteiger partial charge in [-0.3, -0.25) is 0 Å². The molecule has 3 atom stereocenters. The van der Waals surface area contributed by atoms with E-state index in [0.29, 0.717) is 6.42 Å². The Labute approximate surface area is 123 Å². The van der Waals surface area contributed by atoms with Crippen LogP contribution in [0.2, 0.25) is 0 Å². The van der Waals surface area contributed by atoms with Gasteiger partial charge < -0.3 is 15.4 Å². The highest BCUT2D eigenvalue weighted by Gasteiger charge is 2.47. The summed E-state index contributed by atoms with van der Waals surface area (Å²) in [6.07, 6.45) is -4.46. The third kappa shape index (κ3) is 5.05. The van der Waals surface area contributed by atoms with Crippen LogP contribution < -0.4 is 5.73 Å². The lowest BCUT2D eigenvalue weighted by Crippen LogP contribution is -2.49. The SMILES string of the molecule is CC1CN(C(=O)OC(C)(C)C)CCC1C(CN)C(F)(F)F. The Morgan fingerprint density at radius 2 is 1.95 bits per heavy atom. The van der Waals surface area contributed by atoms with Crippen LogP contribution in [0.4, 0.5) is 18.0 Å². The second kappa shape index (κ2) is 6.42. The Morgan fingerprint density at radius 1 is 1.38 bits per heavy atom. The number of piperidine rings is 1. The summed E-state index contributed by atoms with van der Waals surface area (Å²) in [7, 11) is 0. The number of alkyl halides is 3. The zero-order chi connectivity index (χ0) is 16.4. The minimum atomic E-state index is -4.29. The molecule has 1 heterocycles. The number of nitrogens with zero attached hydrogens (tertiary/aromatic N) is 1. The zero-order valence-electron chi connectivity index (χ0n) is 13.0. The Balaban J connectivity index is 2.68. The van der Waals surface area contributed by atoms with Gasteiger partial charge in [0.1, 0.15) is 5.60 Å². The van der Waals surface area contributed by atoms with E-state index in [1.54, 1.807) is 27.7 Å². The fraction of sp³-hybridized carbons (Fsp3) is 0.929. The van der Waals surface area contributed by atoms with Gasteiger partial charge in [-0.05, 0) is 39.0 Å². The van der Waals surface area contributed by atoms with Gasteiger partial charge in [0.15, 0.2) is 0 Å². The lowest BCUT2D eigenvalue weighted by atomic mass is 9.77. The first-order chi connectivity index (χ1) is 9.45. The van der Waals surface area contributed by atoms with Gasteiger partial charge in [0.25, 0.3) is 0 Å². The van der Waals surface area contributed by atoms with Crippen LogP contribution >= 0.6 is 0 Å². The van der Waals surface area contributed by atoms with Crippen molar-refractivity contribution >= 4 is 6.09 Å². The molecule has 1 aliphatic heterocycles. The van der Waals surface area contributed by atoms with Gasteiger partial charge in [-0.15, -0.1) is 0 Å². The van der Waals surface area contributed by atoms with Gasteiger partial charge in [-0.1, -0.05) is 6.92 Å². The molecular weight excluding hydrogens is 285 g/mol. The predicted molar refractivity (Wildman–Crippen MR) is 73.7 cm³/mol. The van der Waals surface area contributed by atoms with E-state index in [0.717, 1.165) is 0 Å². The normalized spacial score (nSPS) is 25.6. The molecule has 1 rings (SSSR count).